The number of rotatable bonds is 4. The van der Waals surface area contributed by atoms with Gasteiger partial charge in [0.25, 0.3) is 0 Å². The summed E-state index contributed by atoms with van der Waals surface area (Å²) in [5.74, 6) is -1.09. The Kier molecular flexibility index (Phi) is 3.96. The Labute approximate surface area is 111 Å². The van der Waals surface area contributed by atoms with Crippen molar-refractivity contribution < 1.29 is 14.7 Å². The lowest BCUT2D eigenvalue weighted by atomic mass is 10.2. The van der Waals surface area contributed by atoms with Crippen molar-refractivity contribution in [1.29, 1.82) is 0 Å². The van der Waals surface area contributed by atoms with Gasteiger partial charge in [0.1, 0.15) is 0 Å². The molecule has 0 aliphatic carbocycles. The molecule has 0 aromatic carbocycles. The summed E-state index contributed by atoms with van der Waals surface area (Å²) in [4.78, 5) is 23.3. The van der Waals surface area contributed by atoms with E-state index in [-0.39, 0.29) is 0 Å². The molecule has 0 saturated carbocycles. The third-order valence-electron chi connectivity index (χ3n) is 2.13. The van der Waals surface area contributed by atoms with Gasteiger partial charge in [0.05, 0.1) is 5.69 Å². The number of amides is 2. The highest BCUT2D eigenvalue weighted by Gasteiger charge is 2.22. The molecule has 0 fully saturated rings. The van der Waals surface area contributed by atoms with Crippen LogP contribution in [0.4, 0.5) is 10.5 Å². The molecule has 0 radical (unpaired) electrons. The highest BCUT2D eigenvalue weighted by atomic mass is 32.1. The van der Waals surface area contributed by atoms with E-state index < -0.39 is 18.0 Å². The van der Waals surface area contributed by atoms with Crippen LogP contribution in [-0.4, -0.2) is 17.1 Å². The minimum atomic E-state index is -1.09. The molecule has 2 aromatic rings. The summed E-state index contributed by atoms with van der Waals surface area (Å²) >= 11 is 2.74. The second-order valence-corrected chi connectivity index (χ2v) is 5.16. The molecular formula is C11H10N2O3S2. The molecule has 0 bridgehead atoms. The lowest BCUT2D eigenvalue weighted by Crippen LogP contribution is -2.36. The van der Waals surface area contributed by atoms with Crippen LogP contribution in [0.2, 0.25) is 0 Å². The molecule has 1 atom stereocenters. The summed E-state index contributed by atoms with van der Waals surface area (Å²) in [5, 5.41) is 19.4. The van der Waals surface area contributed by atoms with E-state index in [1.165, 1.54) is 22.7 Å². The number of nitrogens with one attached hydrogen (secondary N) is 2. The standard InChI is InChI=1S/C11H10N2O3S2/c14-10(15)9(8-2-1-4-18-8)13-11(16)12-7-3-5-17-6-7/h1-6,9H,(H,14,15)(H2,12,13,16). The van der Waals surface area contributed by atoms with Gasteiger partial charge in [-0.25, -0.2) is 9.59 Å². The number of urea groups is 1. The van der Waals surface area contributed by atoms with Crippen LogP contribution in [0.1, 0.15) is 10.9 Å². The van der Waals surface area contributed by atoms with Gasteiger partial charge < -0.3 is 15.7 Å². The van der Waals surface area contributed by atoms with Gasteiger partial charge in [-0.2, -0.15) is 11.3 Å². The average Bonchev–Trinajstić information content (AvgIpc) is 2.97. The Balaban J connectivity index is 2.01. The first-order chi connectivity index (χ1) is 8.66. The van der Waals surface area contributed by atoms with Crippen LogP contribution in [-0.2, 0) is 4.79 Å². The van der Waals surface area contributed by atoms with Crippen molar-refractivity contribution in [3.63, 3.8) is 0 Å². The van der Waals surface area contributed by atoms with E-state index in [0.717, 1.165) is 0 Å². The van der Waals surface area contributed by atoms with Gasteiger partial charge in [0.15, 0.2) is 6.04 Å². The van der Waals surface area contributed by atoms with Gasteiger partial charge in [-0.05, 0) is 22.9 Å². The van der Waals surface area contributed by atoms with Crippen LogP contribution in [0.15, 0.2) is 34.3 Å². The monoisotopic (exact) mass is 282 g/mol. The summed E-state index contributed by atoms with van der Waals surface area (Å²) < 4.78 is 0. The number of hydrogen-bond donors (Lipinski definition) is 3. The first-order valence-electron chi connectivity index (χ1n) is 5.03. The number of hydrogen-bond acceptors (Lipinski definition) is 4. The van der Waals surface area contributed by atoms with Crippen LogP contribution < -0.4 is 10.6 Å². The number of anilines is 1. The summed E-state index contributed by atoms with van der Waals surface area (Å²) in [6.07, 6.45) is 0. The molecule has 0 aliphatic rings. The number of carboxylic acid groups (broad SMARTS) is 1. The topological polar surface area (TPSA) is 78.4 Å². The molecule has 1 unspecified atom stereocenters. The second kappa shape index (κ2) is 5.65. The predicted molar refractivity (Wildman–Crippen MR) is 71.2 cm³/mol. The van der Waals surface area contributed by atoms with Crippen molar-refractivity contribution >= 4 is 40.4 Å². The van der Waals surface area contributed by atoms with Crippen LogP contribution in [0.25, 0.3) is 0 Å². The Hall–Kier alpha value is -1.86. The van der Waals surface area contributed by atoms with Gasteiger partial charge in [-0.1, -0.05) is 6.07 Å². The molecular weight excluding hydrogens is 272 g/mol. The maximum absolute atomic E-state index is 11.6. The summed E-state index contributed by atoms with van der Waals surface area (Å²) in [6, 6.07) is 3.60. The number of carbonyl (C=O) groups excluding carboxylic acids is 1. The van der Waals surface area contributed by atoms with E-state index in [1.807, 2.05) is 5.38 Å². The molecule has 2 amide bonds. The van der Waals surface area contributed by atoms with Crippen molar-refractivity contribution in [2.24, 2.45) is 0 Å². The lowest BCUT2D eigenvalue weighted by molar-refractivity contribution is -0.139. The van der Waals surface area contributed by atoms with E-state index in [9.17, 15) is 9.59 Å². The first kappa shape index (κ1) is 12.6. The molecule has 18 heavy (non-hydrogen) atoms. The minimum Gasteiger partial charge on any atom is -0.479 e. The molecule has 2 aromatic heterocycles. The van der Waals surface area contributed by atoms with Gasteiger partial charge >= 0.3 is 12.0 Å². The summed E-state index contributed by atoms with van der Waals surface area (Å²) in [5.41, 5.74) is 0.646. The SMILES string of the molecule is O=C(Nc1ccsc1)NC(C(=O)O)c1cccs1. The largest absolute Gasteiger partial charge is 0.479 e. The zero-order chi connectivity index (χ0) is 13.0. The third-order valence-corrected chi connectivity index (χ3v) is 3.75. The molecule has 5 nitrogen and oxygen atoms in total. The Morgan fingerprint density at radius 1 is 1.28 bits per heavy atom. The van der Waals surface area contributed by atoms with Gasteiger partial charge in [-0.15, -0.1) is 11.3 Å². The van der Waals surface area contributed by atoms with Crippen molar-refractivity contribution in [2.45, 2.75) is 6.04 Å². The summed E-state index contributed by atoms with van der Waals surface area (Å²) in [6.45, 7) is 0. The fourth-order valence-electron chi connectivity index (χ4n) is 1.34. The van der Waals surface area contributed by atoms with Gasteiger partial charge in [0.2, 0.25) is 0 Å². The molecule has 0 saturated heterocycles. The van der Waals surface area contributed by atoms with Crippen LogP contribution in [0.3, 0.4) is 0 Å². The van der Waals surface area contributed by atoms with Crippen molar-refractivity contribution in [3.8, 4) is 0 Å². The second-order valence-electron chi connectivity index (χ2n) is 3.40. The van der Waals surface area contributed by atoms with Gasteiger partial charge in [-0.3, -0.25) is 0 Å². The minimum absolute atomic E-state index is 0.533. The molecule has 2 rings (SSSR count). The van der Waals surface area contributed by atoms with Gasteiger partial charge in [0, 0.05) is 10.3 Å². The Bertz CT molecular complexity index is 522. The number of thiophene rings is 2. The zero-order valence-electron chi connectivity index (χ0n) is 9.12. The Morgan fingerprint density at radius 2 is 2.11 bits per heavy atom. The fraction of sp³-hybridized carbons (Fsp3) is 0.0909. The zero-order valence-corrected chi connectivity index (χ0v) is 10.8. The van der Waals surface area contributed by atoms with E-state index in [2.05, 4.69) is 10.6 Å². The maximum atomic E-state index is 11.6. The summed E-state index contributed by atoms with van der Waals surface area (Å²) in [7, 11) is 0. The van der Waals surface area contributed by atoms with Crippen LogP contribution in [0, 0.1) is 0 Å². The molecule has 94 valence electrons. The van der Waals surface area contributed by atoms with E-state index in [0.29, 0.717) is 10.6 Å². The smallest absolute Gasteiger partial charge is 0.331 e. The average molecular weight is 282 g/mol. The molecule has 3 N–H and O–H groups in total. The molecule has 7 heteroatoms. The number of carbonyl (C=O) groups is 2. The maximum Gasteiger partial charge on any atom is 0.331 e. The number of aliphatic carboxylic acids is 1. The van der Waals surface area contributed by atoms with E-state index in [4.69, 9.17) is 5.11 Å². The van der Waals surface area contributed by atoms with E-state index >= 15 is 0 Å². The number of carboxylic acids is 1. The molecule has 0 spiro atoms. The fourth-order valence-corrected chi connectivity index (χ4v) is 2.70. The highest BCUT2D eigenvalue weighted by Crippen LogP contribution is 2.19. The first-order valence-corrected chi connectivity index (χ1v) is 6.85. The normalized spacial score (nSPS) is 11.8. The van der Waals surface area contributed by atoms with Crippen LogP contribution in [0.5, 0.6) is 0 Å². The predicted octanol–water partition coefficient (Wildman–Crippen LogP) is 2.76. The van der Waals surface area contributed by atoms with Crippen LogP contribution >= 0.6 is 22.7 Å². The van der Waals surface area contributed by atoms with Crippen molar-refractivity contribution in [3.05, 3.63) is 39.2 Å². The quantitative estimate of drug-likeness (QED) is 0.806. The molecule has 2 heterocycles. The van der Waals surface area contributed by atoms with Crippen molar-refractivity contribution in [1.82, 2.24) is 5.32 Å². The highest BCUT2D eigenvalue weighted by molar-refractivity contribution is 7.10. The van der Waals surface area contributed by atoms with Crippen molar-refractivity contribution in [2.75, 3.05) is 5.32 Å². The Morgan fingerprint density at radius 3 is 2.67 bits per heavy atom. The lowest BCUT2D eigenvalue weighted by Gasteiger charge is -2.13. The van der Waals surface area contributed by atoms with E-state index in [1.54, 1.807) is 29.0 Å². The molecule has 0 aliphatic heterocycles. The third kappa shape index (κ3) is 3.08.